The summed E-state index contributed by atoms with van der Waals surface area (Å²) in [5.41, 5.74) is 3.56. The molecule has 0 amide bonds. The van der Waals surface area contributed by atoms with Gasteiger partial charge in [0.05, 0.1) is 11.0 Å². The van der Waals surface area contributed by atoms with Gasteiger partial charge in [-0.3, -0.25) is 0 Å². The highest BCUT2D eigenvalue weighted by Gasteiger charge is 2.14. The van der Waals surface area contributed by atoms with Gasteiger partial charge in [-0.25, -0.2) is 4.98 Å². The maximum absolute atomic E-state index is 4.64. The monoisotopic (exact) mass is 257 g/mol. The SMILES string of the molecule is CC(C)c1ccc2nc(NC3CCCCC3)[nH]c2c1. The Bertz CT molecular complexity index is 550. The normalized spacial score (nSPS) is 17.2. The number of nitrogens with one attached hydrogen (secondary N) is 2. The van der Waals surface area contributed by atoms with Gasteiger partial charge < -0.3 is 10.3 Å². The molecule has 1 aromatic heterocycles. The van der Waals surface area contributed by atoms with E-state index in [2.05, 4.69) is 47.3 Å². The minimum atomic E-state index is 0.558. The number of rotatable bonds is 3. The molecule has 1 heterocycles. The standard InChI is InChI=1S/C16H23N3/c1-11(2)12-8-9-14-15(10-12)19-16(18-14)17-13-6-4-3-5-7-13/h8-11,13H,3-7H2,1-2H3,(H2,17,18,19). The van der Waals surface area contributed by atoms with Crippen LogP contribution < -0.4 is 5.32 Å². The van der Waals surface area contributed by atoms with E-state index in [1.54, 1.807) is 0 Å². The number of hydrogen-bond acceptors (Lipinski definition) is 2. The number of H-pyrrole nitrogens is 1. The molecule has 2 aromatic rings. The summed E-state index contributed by atoms with van der Waals surface area (Å²) < 4.78 is 0. The molecule has 0 bridgehead atoms. The molecule has 1 aliphatic rings. The van der Waals surface area contributed by atoms with Gasteiger partial charge in [0.1, 0.15) is 0 Å². The predicted molar refractivity (Wildman–Crippen MR) is 80.7 cm³/mol. The summed E-state index contributed by atoms with van der Waals surface area (Å²) in [5.74, 6) is 1.49. The molecule has 0 unspecified atom stereocenters. The average Bonchev–Trinajstić information content (AvgIpc) is 2.80. The summed E-state index contributed by atoms with van der Waals surface area (Å²) in [5, 5.41) is 3.55. The van der Waals surface area contributed by atoms with Crippen LogP contribution in [0.15, 0.2) is 18.2 Å². The fourth-order valence-corrected chi connectivity index (χ4v) is 2.89. The molecule has 3 rings (SSSR count). The van der Waals surface area contributed by atoms with Gasteiger partial charge in [-0.05, 0) is 36.5 Å². The van der Waals surface area contributed by atoms with Crippen LogP contribution in [-0.4, -0.2) is 16.0 Å². The number of benzene rings is 1. The van der Waals surface area contributed by atoms with Crippen molar-refractivity contribution in [2.75, 3.05) is 5.32 Å². The van der Waals surface area contributed by atoms with Crippen molar-refractivity contribution in [2.24, 2.45) is 0 Å². The molecule has 0 saturated heterocycles. The van der Waals surface area contributed by atoms with E-state index in [0.29, 0.717) is 12.0 Å². The second-order valence-corrected chi connectivity index (χ2v) is 6.00. The Morgan fingerprint density at radius 1 is 1.21 bits per heavy atom. The first-order chi connectivity index (χ1) is 9.22. The molecule has 0 atom stereocenters. The summed E-state index contributed by atoms with van der Waals surface area (Å²) in [6.07, 6.45) is 6.61. The van der Waals surface area contributed by atoms with E-state index in [1.165, 1.54) is 37.7 Å². The van der Waals surface area contributed by atoms with Crippen molar-refractivity contribution >= 4 is 17.0 Å². The average molecular weight is 257 g/mol. The topological polar surface area (TPSA) is 40.7 Å². The van der Waals surface area contributed by atoms with Crippen molar-refractivity contribution in [3.05, 3.63) is 23.8 Å². The number of fused-ring (bicyclic) bond motifs is 1. The third kappa shape index (κ3) is 2.75. The van der Waals surface area contributed by atoms with Crippen LogP contribution in [0.3, 0.4) is 0 Å². The molecular formula is C16H23N3. The molecule has 1 fully saturated rings. The van der Waals surface area contributed by atoms with Gasteiger partial charge in [0, 0.05) is 6.04 Å². The molecule has 19 heavy (non-hydrogen) atoms. The highest BCUT2D eigenvalue weighted by molar-refractivity contribution is 5.78. The van der Waals surface area contributed by atoms with Crippen molar-refractivity contribution in [3.63, 3.8) is 0 Å². The van der Waals surface area contributed by atoms with Crippen LogP contribution in [0.25, 0.3) is 11.0 Å². The lowest BCUT2D eigenvalue weighted by molar-refractivity contribution is 0.461. The number of imidazole rings is 1. The van der Waals surface area contributed by atoms with Crippen LogP contribution in [0.5, 0.6) is 0 Å². The first-order valence-electron chi connectivity index (χ1n) is 7.48. The van der Waals surface area contributed by atoms with Gasteiger partial charge >= 0.3 is 0 Å². The van der Waals surface area contributed by atoms with Crippen LogP contribution in [0, 0.1) is 0 Å². The first-order valence-corrected chi connectivity index (χ1v) is 7.48. The zero-order valence-corrected chi connectivity index (χ0v) is 11.9. The van der Waals surface area contributed by atoms with Gasteiger partial charge in [0.2, 0.25) is 5.95 Å². The predicted octanol–water partition coefficient (Wildman–Crippen LogP) is 4.43. The van der Waals surface area contributed by atoms with Gasteiger partial charge in [-0.15, -0.1) is 0 Å². The fourth-order valence-electron chi connectivity index (χ4n) is 2.89. The van der Waals surface area contributed by atoms with Crippen LogP contribution in [-0.2, 0) is 0 Å². The van der Waals surface area contributed by atoms with Crippen LogP contribution in [0.2, 0.25) is 0 Å². The van der Waals surface area contributed by atoms with E-state index in [4.69, 9.17) is 0 Å². The third-order valence-corrected chi connectivity index (χ3v) is 4.12. The molecule has 1 aliphatic carbocycles. The number of anilines is 1. The summed E-state index contributed by atoms with van der Waals surface area (Å²) in [7, 11) is 0. The Morgan fingerprint density at radius 3 is 2.74 bits per heavy atom. The van der Waals surface area contributed by atoms with E-state index in [-0.39, 0.29) is 0 Å². The minimum Gasteiger partial charge on any atom is -0.353 e. The van der Waals surface area contributed by atoms with Crippen molar-refractivity contribution in [3.8, 4) is 0 Å². The highest BCUT2D eigenvalue weighted by Crippen LogP contribution is 2.24. The molecule has 3 heteroatoms. The van der Waals surface area contributed by atoms with Crippen molar-refractivity contribution in [1.82, 2.24) is 9.97 Å². The number of hydrogen-bond donors (Lipinski definition) is 2. The Morgan fingerprint density at radius 2 is 2.00 bits per heavy atom. The van der Waals surface area contributed by atoms with E-state index in [9.17, 15) is 0 Å². The van der Waals surface area contributed by atoms with E-state index >= 15 is 0 Å². The van der Waals surface area contributed by atoms with E-state index < -0.39 is 0 Å². The quantitative estimate of drug-likeness (QED) is 0.854. The third-order valence-electron chi connectivity index (χ3n) is 4.12. The van der Waals surface area contributed by atoms with Gasteiger partial charge in [0.25, 0.3) is 0 Å². The van der Waals surface area contributed by atoms with Crippen LogP contribution in [0.1, 0.15) is 57.4 Å². The lowest BCUT2D eigenvalue weighted by Crippen LogP contribution is -2.22. The maximum Gasteiger partial charge on any atom is 0.201 e. The van der Waals surface area contributed by atoms with Crippen LogP contribution >= 0.6 is 0 Å². The molecule has 102 valence electrons. The number of aromatic nitrogens is 2. The van der Waals surface area contributed by atoms with Gasteiger partial charge in [-0.2, -0.15) is 0 Å². The summed E-state index contributed by atoms with van der Waals surface area (Å²) in [6.45, 7) is 4.44. The molecule has 0 aliphatic heterocycles. The Balaban J connectivity index is 1.80. The number of aromatic amines is 1. The molecule has 0 radical (unpaired) electrons. The molecule has 2 N–H and O–H groups in total. The lowest BCUT2D eigenvalue weighted by atomic mass is 9.96. The first kappa shape index (κ1) is 12.5. The Hall–Kier alpha value is -1.51. The maximum atomic E-state index is 4.64. The molecule has 1 saturated carbocycles. The van der Waals surface area contributed by atoms with Gasteiger partial charge in [0.15, 0.2) is 0 Å². The molecule has 1 aromatic carbocycles. The summed E-state index contributed by atoms with van der Waals surface area (Å²) in [4.78, 5) is 8.06. The smallest absolute Gasteiger partial charge is 0.201 e. The Kier molecular flexibility index (Phi) is 3.45. The lowest BCUT2D eigenvalue weighted by Gasteiger charge is -2.22. The molecule has 0 spiro atoms. The summed E-state index contributed by atoms with van der Waals surface area (Å²) >= 11 is 0. The minimum absolute atomic E-state index is 0.558. The number of nitrogens with zero attached hydrogens (tertiary/aromatic N) is 1. The fraction of sp³-hybridized carbons (Fsp3) is 0.562. The van der Waals surface area contributed by atoms with Crippen LogP contribution in [0.4, 0.5) is 5.95 Å². The second kappa shape index (κ2) is 5.24. The zero-order chi connectivity index (χ0) is 13.2. The van der Waals surface area contributed by atoms with Crippen molar-refractivity contribution in [1.29, 1.82) is 0 Å². The largest absolute Gasteiger partial charge is 0.353 e. The Labute approximate surface area is 114 Å². The zero-order valence-electron chi connectivity index (χ0n) is 11.9. The summed E-state index contributed by atoms with van der Waals surface area (Å²) in [6, 6.07) is 7.11. The molecular weight excluding hydrogens is 234 g/mol. The highest BCUT2D eigenvalue weighted by atomic mass is 15.1. The molecule has 3 nitrogen and oxygen atoms in total. The van der Waals surface area contributed by atoms with Gasteiger partial charge in [-0.1, -0.05) is 39.2 Å². The van der Waals surface area contributed by atoms with Crippen molar-refractivity contribution in [2.45, 2.75) is 57.9 Å². The van der Waals surface area contributed by atoms with E-state index in [0.717, 1.165) is 17.0 Å². The van der Waals surface area contributed by atoms with E-state index in [1.807, 2.05) is 0 Å². The second-order valence-electron chi connectivity index (χ2n) is 6.00. The van der Waals surface area contributed by atoms with Crippen molar-refractivity contribution < 1.29 is 0 Å².